The Hall–Kier alpha value is -1.92. The van der Waals surface area contributed by atoms with Gasteiger partial charge in [-0.25, -0.2) is 4.98 Å². The lowest BCUT2D eigenvalue weighted by Gasteiger charge is -2.33. The van der Waals surface area contributed by atoms with Gasteiger partial charge in [-0.1, -0.05) is 30.3 Å². The lowest BCUT2D eigenvalue weighted by molar-refractivity contribution is -0.135. The third kappa shape index (κ3) is 3.87. The molecule has 0 aliphatic carbocycles. The van der Waals surface area contributed by atoms with Gasteiger partial charge in [0.1, 0.15) is 0 Å². The van der Waals surface area contributed by atoms with Crippen LogP contribution in [0.15, 0.2) is 35.7 Å². The van der Waals surface area contributed by atoms with Gasteiger partial charge >= 0.3 is 0 Å². The number of thiazole rings is 1. The molecule has 0 bridgehead atoms. The first-order chi connectivity index (χ1) is 13.2. The molecule has 1 aromatic heterocycles. The average Bonchev–Trinajstić information content (AvgIpc) is 3.34. The van der Waals surface area contributed by atoms with Crippen molar-refractivity contribution in [2.45, 2.75) is 25.7 Å². The Morgan fingerprint density at radius 2 is 1.96 bits per heavy atom. The van der Waals surface area contributed by atoms with Gasteiger partial charge in [-0.15, -0.1) is 11.3 Å². The number of hydrogen-bond acceptors (Lipinski definition) is 5. The molecule has 2 fully saturated rings. The van der Waals surface area contributed by atoms with E-state index in [1.165, 1.54) is 5.56 Å². The molecule has 2 aromatic rings. The van der Waals surface area contributed by atoms with E-state index in [0.29, 0.717) is 24.3 Å². The third-order valence-electron chi connectivity index (χ3n) is 6.00. The number of nitrogens with two attached hydrogens (primary N) is 1. The van der Waals surface area contributed by atoms with Crippen LogP contribution in [0.2, 0.25) is 0 Å². The zero-order valence-corrected chi connectivity index (χ0v) is 16.7. The summed E-state index contributed by atoms with van der Waals surface area (Å²) in [5, 5.41) is 3.18. The number of nitrogens with zero attached hydrogens (tertiary/aromatic N) is 3. The van der Waals surface area contributed by atoms with E-state index in [-0.39, 0.29) is 5.92 Å². The molecule has 0 unspecified atom stereocenters. The number of likely N-dealkylation sites (tertiary alicyclic amines) is 1. The molecule has 4 rings (SSSR count). The van der Waals surface area contributed by atoms with Crippen LogP contribution in [-0.4, -0.2) is 48.5 Å². The van der Waals surface area contributed by atoms with E-state index in [1.807, 2.05) is 13.0 Å². The minimum atomic E-state index is 0.134. The quantitative estimate of drug-likeness (QED) is 0.880. The molecule has 2 aliphatic heterocycles. The molecule has 0 saturated carbocycles. The molecule has 27 heavy (non-hydrogen) atoms. The Labute approximate surface area is 165 Å². The number of benzene rings is 1. The summed E-state index contributed by atoms with van der Waals surface area (Å²) in [7, 11) is 0. The maximum atomic E-state index is 13.1. The van der Waals surface area contributed by atoms with Crippen LogP contribution >= 0.6 is 11.3 Å². The number of anilines is 1. The number of carbonyl (C=O) groups excluding carboxylic acids is 1. The number of rotatable bonds is 4. The first-order valence-corrected chi connectivity index (χ1v) is 10.7. The van der Waals surface area contributed by atoms with E-state index >= 15 is 0 Å². The molecule has 1 aromatic carbocycles. The van der Waals surface area contributed by atoms with Crippen molar-refractivity contribution in [3.05, 3.63) is 47.0 Å². The SMILES string of the molecule is Cc1csc(N2CCC(C(=O)N3C[C@@H](CN)[C@H](c4ccccc4)C3)CC2)n1. The first kappa shape index (κ1) is 18.4. The van der Waals surface area contributed by atoms with Gasteiger partial charge < -0.3 is 15.5 Å². The normalized spacial score (nSPS) is 23.8. The monoisotopic (exact) mass is 384 g/mol. The van der Waals surface area contributed by atoms with Gasteiger partial charge in [0.15, 0.2) is 5.13 Å². The van der Waals surface area contributed by atoms with Crippen molar-refractivity contribution < 1.29 is 4.79 Å². The molecule has 2 aliphatic rings. The number of amides is 1. The molecule has 2 N–H and O–H groups in total. The predicted molar refractivity (Wildman–Crippen MR) is 110 cm³/mol. The van der Waals surface area contributed by atoms with E-state index < -0.39 is 0 Å². The van der Waals surface area contributed by atoms with Crippen molar-refractivity contribution in [3.8, 4) is 0 Å². The van der Waals surface area contributed by atoms with Crippen molar-refractivity contribution in [2.24, 2.45) is 17.6 Å². The summed E-state index contributed by atoms with van der Waals surface area (Å²) in [6.07, 6.45) is 1.83. The zero-order valence-electron chi connectivity index (χ0n) is 15.9. The number of aromatic nitrogens is 1. The Kier molecular flexibility index (Phi) is 5.45. The number of carbonyl (C=O) groups is 1. The van der Waals surface area contributed by atoms with Crippen LogP contribution in [0, 0.1) is 18.8 Å². The summed E-state index contributed by atoms with van der Waals surface area (Å²) in [4.78, 5) is 22.1. The molecule has 2 saturated heterocycles. The van der Waals surface area contributed by atoms with Crippen LogP contribution < -0.4 is 10.6 Å². The smallest absolute Gasteiger partial charge is 0.225 e. The van der Waals surface area contributed by atoms with E-state index in [2.05, 4.69) is 44.4 Å². The molecule has 0 radical (unpaired) electrons. The van der Waals surface area contributed by atoms with Gasteiger partial charge in [0.05, 0.1) is 5.69 Å². The molecule has 5 nitrogen and oxygen atoms in total. The second kappa shape index (κ2) is 7.98. The van der Waals surface area contributed by atoms with Crippen molar-refractivity contribution in [2.75, 3.05) is 37.6 Å². The van der Waals surface area contributed by atoms with Gasteiger partial charge in [-0.05, 0) is 37.8 Å². The Morgan fingerprint density at radius 3 is 2.59 bits per heavy atom. The van der Waals surface area contributed by atoms with Crippen LogP contribution in [-0.2, 0) is 4.79 Å². The molecule has 2 atom stereocenters. The average molecular weight is 385 g/mol. The second-order valence-electron chi connectivity index (χ2n) is 7.79. The first-order valence-electron chi connectivity index (χ1n) is 9.86. The summed E-state index contributed by atoms with van der Waals surface area (Å²) >= 11 is 1.70. The van der Waals surface area contributed by atoms with Gasteiger partial charge in [-0.2, -0.15) is 0 Å². The summed E-state index contributed by atoms with van der Waals surface area (Å²) in [6, 6.07) is 10.5. The second-order valence-corrected chi connectivity index (χ2v) is 8.63. The Morgan fingerprint density at radius 1 is 1.22 bits per heavy atom. The van der Waals surface area contributed by atoms with E-state index in [4.69, 9.17) is 5.73 Å². The molecule has 1 amide bonds. The van der Waals surface area contributed by atoms with Crippen LogP contribution in [0.1, 0.15) is 30.0 Å². The maximum Gasteiger partial charge on any atom is 0.225 e. The van der Waals surface area contributed by atoms with Gasteiger partial charge in [0, 0.05) is 43.4 Å². The van der Waals surface area contributed by atoms with Crippen LogP contribution in [0.5, 0.6) is 0 Å². The summed E-state index contributed by atoms with van der Waals surface area (Å²) in [5.41, 5.74) is 8.41. The number of aryl methyl sites for hydroxylation is 1. The van der Waals surface area contributed by atoms with Gasteiger partial charge in [0.2, 0.25) is 5.91 Å². The zero-order chi connectivity index (χ0) is 18.8. The standard InChI is InChI=1S/C21H28N4OS/c1-15-14-27-21(23-15)24-9-7-17(8-10-24)20(26)25-12-18(11-22)19(13-25)16-5-3-2-4-6-16/h2-6,14,17-19H,7-13,22H2,1H3/t18-,19+/m1/s1. The highest BCUT2D eigenvalue weighted by Crippen LogP contribution is 2.34. The maximum absolute atomic E-state index is 13.1. The third-order valence-corrected chi connectivity index (χ3v) is 7.02. The summed E-state index contributed by atoms with van der Waals surface area (Å²) < 4.78 is 0. The molecule has 6 heteroatoms. The van der Waals surface area contributed by atoms with Crippen LogP contribution in [0.25, 0.3) is 0 Å². The fourth-order valence-electron chi connectivity index (χ4n) is 4.43. The van der Waals surface area contributed by atoms with Crippen molar-refractivity contribution in [1.82, 2.24) is 9.88 Å². The number of hydrogen-bond donors (Lipinski definition) is 1. The Balaban J connectivity index is 1.37. The molecule has 0 spiro atoms. The largest absolute Gasteiger partial charge is 0.348 e. The van der Waals surface area contributed by atoms with Crippen molar-refractivity contribution in [3.63, 3.8) is 0 Å². The van der Waals surface area contributed by atoms with Crippen molar-refractivity contribution >= 4 is 22.4 Å². The van der Waals surface area contributed by atoms with Crippen molar-refractivity contribution in [1.29, 1.82) is 0 Å². The lowest BCUT2D eigenvalue weighted by Crippen LogP contribution is -2.42. The minimum absolute atomic E-state index is 0.134. The summed E-state index contributed by atoms with van der Waals surface area (Å²) in [5.74, 6) is 1.17. The van der Waals surface area contributed by atoms with Gasteiger partial charge in [0.25, 0.3) is 0 Å². The topological polar surface area (TPSA) is 62.5 Å². The van der Waals surface area contributed by atoms with Crippen LogP contribution in [0.3, 0.4) is 0 Å². The van der Waals surface area contributed by atoms with Gasteiger partial charge in [-0.3, -0.25) is 4.79 Å². The summed E-state index contributed by atoms with van der Waals surface area (Å²) in [6.45, 7) is 6.09. The molecular weight excluding hydrogens is 356 g/mol. The fourth-order valence-corrected chi connectivity index (χ4v) is 5.29. The predicted octanol–water partition coefficient (Wildman–Crippen LogP) is 2.87. The van der Waals surface area contributed by atoms with E-state index in [0.717, 1.165) is 49.8 Å². The Bertz CT molecular complexity index is 769. The number of piperidine rings is 1. The molecule has 144 valence electrons. The highest BCUT2D eigenvalue weighted by molar-refractivity contribution is 7.13. The van der Waals surface area contributed by atoms with E-state index in [9.17, 15) is 4.79 Å². The van der Waals surface area contributed by atoms with Crippen LogP contribution in [0.4, 0.5) is 5.13 Å². The highest BCUT2D eigenvalue weighted by atomic mass is 32.1. The van der Waals surface area contributed by atoms with E-state index in [1.54, 1.807) is 11.3 Å². The highest BCUT2D eigenvalue weighted by Gasteiger charge is 2.38. The lowest BCUT2D eigenvalue weighted by atomic mass is 9.89. The molecular formula is C21H28N4OS. The fraction of sp³-hybridized carbons (Fsp3) is 0.524. The molecule has 3 heterocycles. The minimum Gasteiger partial charge on any atom is -0.348 e.